The van der Waals surface area contributed by atoms with Gasteiger partial charge in [0.2, 0.25) is 0 Å². The smallest absolute Gasteiger partial charge is 0.0613 e. The van der Waals surface area contributed by atoms with Gasteiger partial charge in [0.15, 0.2) is 0 Å². The lowest BCUT2D eigenvalue weighted by atomic mass is 9.82. The lowest BCUT2D eigenvalue weighted by Crippen LogP contribution is -2.44. The van der Waals surface area contributed by atoms with E-state index in [1.807, 2.05) is 0 Å². The van der Waals surface area contributed by atoms with Gasteiger partial charge in [0.1, 0.15) is 0 Å². The molecule has 0 aromatic heterocycles. The maximum atomic E-state index is 9.14. The van der Waals surface area contributed by atoms with Gasteiger partial charge in [-0.2, -0.15) is 0 Å². The lowest BCUT2D eigenvalue weighted by molar-refractivity contribution is 0.143. The molecule has 96 valence electrons. The molecule has 0 amide bonds. The monoisotopic (exact) mass is 229 g/mol. The number of rotatable bonds is 7. The van der Waals surface area contributed by atoms with E-state index >= 15 is 0 Å². The Kier molecular flexibility index (Phi) is 7.01. The molecule has 1 fully saturated rings. The Morgan fingerprint density at radius 2 is 2.00 bits per heavy atom. The summed E-state index contributed by atoms with van der Waals surface area (Å²) in [5.41, 5.74) is 0. The van der Waals surface area contributed by atoms with Gasteiger partial charge in [0.05, 0.1) is 6.61 Å². The number of nitrogens with one attached hydrogen (secondary N) is 1. The molecular weight excluding hydrogens is 202 g/mol. The van der Waals surface area contributed by atoms with E-state index in [-0.39, 0.29) is 6.61 Å². The Morgan fingerprint density at radius 1 is 1.31 bits per heavy atom. The number of hydrogen-bond donors (Lipinski definition) is 2. The Labute approximate surface area is 99.6 Å². The summed E-state index contributed by atoms with van der Waals surface area (Å²) in [4.78, 5) is 0. The van der Waals surface area contributed by atoms with Crippen molar-refractivity contribution in [1.29, 1.82) is 0 Å². The van der Waals surface area contributed by atoms with Gasteiger partial charge in [0.25, 0.3) is 0 Å². The Morgan fingerprint density at radius 3 is 2.56 bits per heavy atom. The predicted molar refractivity (Wildman–Crippen MR) is 66.5 cm³/mol. The SMILES string of the molecule is COCC(C)NC(CCO)C1CCCCC1. The van der Waals surface area contributed by atoms with Crippen molar-refractivity contribution in [3.05, 3.63) is 0 Å². The van der Waals surface area contributed by atoms with Gasteiger partial charge in [-0.3, -0.25) is 0 Å². The van der Waals surface area contributed by atoms with Crippen LogP contribution in [-0.2, 0) is 4.74 Å². The van der Waals surface area contributed by atoms with Crippen LogP contribution < -0.4 is 5.32 Å². The molecule has 1 saturated carbocycles. The molecule has 0 radical (unpaired) electrons. The molecular formula is C13H27NO2. The first-order valence-corrected chi connectivity index (χ1v) is 6.63. The highest BCUT2D eigenvalue weighted by molar-refractivity contribution is 4.81. The molecule has 3 nitrogen and oxygen atoms in total. The van der Waals surface area contributed by atoms with E-state index in [1.165, 1.54) is 32.1 Å². The van der Waals surface area contributed by atoms with Crippen LogP contribution in [0.5, 0.6) is 0 Å². The molecule has 2 N–H and O–H groups in total. The number of aliphatic hydroxyl groups excluding tert-OH is 1. The summed E-state index contributed by atoms with van der Waals surface area (Å²) < 4.78 is 5.14. The molecule has 0 aromatic carbocycles. The molecule has 0 aliphatic heterocycles. The summed E-state index contributed by atoms with van der Waals surface area (Å²) in [5.74, 6) is 0.750. The zero-order valence-electron chi connectivity index (χ0n) is 10.7. The molecule has 2 atom stereocenters. The van der Waals surface area contributed by atoms with E-state index in [4.69, 9.17) is 9.84 Å². The van der Waals surface area contributed by atoms with E-state index in [0.717, 1.165) is 18.9 Å². The van der Waals surface area contributed by atoms with Crippen LogP contribution >= 0.6 is 0 Å². The number of hydrogen-bond acceptors (Lipinski definition) is 3. The highest BCUT2D eigenvalue weighted by Crippen LogP contribution is 2.27. The van der Waals surface area contributed by atoms with Gasteiger partial charge >= 0.3 is 0 Å². The molecule has 0 heterocycles. The fourth-order valence-electron chi connectivity index (χ4n) is 2.79. The van der Waals surface area contributed by atoms with Crippen molar-refractivity contribution in [2.24, 2.45) is 5.92 Å². The first-order chi connectivity index (χ1) is 7.77. The second kappa shape index (κ2) is 8.04. The van der Waals surface area contributed by atoms with Crippen molar-refractivity contribution < 1.29 is 9.84 Å². The third-order valence-electron chi connectivity index (χ3n) is 3.57. The van der Waals surface area contributed by atoms with Crippen molar-refractivity contribution in [2.75, 3.05) is 20.3 Å². The Bertz CT molecular complexity index is 169. The minimum Gasteiger partial charge on any atom is -0.396 e. The van der Waals surface area contributed by atoms with E-state index < -0.39 is 0 Å². The normalized spacial score (nSPS) is 21.9. The largest absolute Gasteiger partial charge is 0.396 e. The van der Waals surface area contributed by atoms with Crippen molar-refractivity contribution in [2.45, 2.75) is 57.5 Å². The highest BCUT2D eigenvalue weighted by atomic mass is 16.5. The Balaban J connectivity index is 2.38. The molecule has 3 heteroatoms. The van der Waals surface area contributed by atoms with Crippen LogP contribution in [0.2, 0.25) is 0 Å². The molecule has 0 spiro atoms. The molecule has 0 bridgehead atoms. The molecule has 16 heavy (non-hydrogen) atoms. The third-order valence-corrected chi connectivity index (χ3v) is 3.57. The summed E-state index contributed by atoms with van der Waals surface area (Å²) in [6.07, 6.45) is 7.60. The van der Waals surface area contributed by atoms with Crippen LogP contribution in [0.3, 0.4) is 0 Å². The van der Waals surface area contributed by atoms with Crippen LogP contribution in [0, 0.1) is 5.92 Å². The number of methoxy groups -OCH3 is 1. The summed E-state index contributed by atoms with van der Waals surface area (Å²) in [5, 5.41) is 12.7. The first-order valence-electron chi connectivity index (χ1n) is 6.63. The third kappa shape index (κ3) is 4.81. The highest BCUT2D eigenvalue weighted by Gasteiger charge is 2.24. The topological polar surface area (TPSA) is 41.5 Å². The van der Waals surface area contributed by atoms with Crippen LogP contribution in [-0.4, -0.2) is 37.5 Å². The van der Waals surface area contributed by atoms with Gasteiger partial charge in [-0.05, 0) is 32.1 Å². The van der Waals surface area contributed by atoms with Gasteiger partial charge in [-0.1, -0.05) is 19.3 Å². The number of ether oxygens (including phenoxy) is 1. The second-order valence-electron chi connectivity index (χ2n) is 5.04. The molecule has 0 saturated heterocycles. The fourth-order valence-corrected chi connectivity index (χ4v) is 2.79. The van der Waals surface area contributed by atoms with Crippen LogP contribution in [0.4, 0.5) is 0 Å². The lowest BCUT2D eigenvalue weighted by Gasteiger charge is -2.32. The zero-order chi connectivity index (χ0) is 11.8. The van der Waals surface area contributed by atoms with Crippen molar-refractivity contribution in [3.63, 3.8) is 0 Å². The quantitative estimate of drug-likeness (QED) is 0.701. The van der Waals surface area contributed by atoms with Gasteiger partial charge in [0, 0.05) is 25.8 Å². The average molecular weight is 229 g/mol. The number of aliphatic hydroxyl groups is 1. The van der Waals surface area contributed by atoms with Crippen LogP contribution in [0.1, 0.15) is 45.4 Å². The molecule has 0 aromatic rings. The summed E-state index contributed by atoms with van der Waals surface area (Å²) in [6.45, 7) is 3.18. The standard InChI is InChI=1S/C13H27NO2/c1-11(10-16-2)14-13(8-9-15)12-6-4-3-5-7-12/h11-15H,3-10H2,1-2H3. The maximum absolute atomic E-state index is 9.14. The minimum absolute atomic E-state index is 0.286. The summed E-state index contributed by atoms with van der Waals surface area (Å²) in [7, 11) is 1.74. The van der Waals surface area contributed by atoms with E-state index in [0.29, 0.717) is 12.1 Å². The van der Waals surface area contributed by atoms with Gasteiger partial charge < -0.3 is 15.2 Å². The van der Waals surface area contributed by atoms with Crippen molar-refractivity contribution >= 4 is 0 Å². The van der Waals surface area contributed by atoms with Gasteiger partial charge in [-0.15, -0.1) is 0 Å². The van der Waals surface area contributed by atoms with E-state index in [1.54, 1.807) is 7.11 Å². The van der Waals surface area contributed by atoms with Gasteiger partial charge in [-0.25, -0.2) is 0 Å². The average Bonchev–Trinajstić information content (AvgIpc) is 2.30. The first kappa shape index (κ1) is 13.9. The second-order valence-corrected chi connectivity index (χ2v) is 5.04. The molecule has 1 aliphatic carbocycles. The molecule has 1 rings (SSSR count). The van der Waals surface area contributed by atoms with E-state index in [2.05, 4.69) is 12.2 Å². The zero-order valence-corrected chi connectivity index (χ0v) is 10.7. The van der Waals surface area contributed by atoms with Crippen molar-refractivity contribution in [1.82, 2.24) is 5.32 Å². The predicted octanol–water partition coefficient (Wildman–Crippen LogP) is 1.94. The Hall–Kier alpha value is -0.120. The maximum Gasteiger partial charge on any atom is 0.0613 e. The molecule has 2 unspecified atom stereocenters. The summed E-state index contributed by atoms with van der Waals surface area (Å²) >= 11 is 0. The summed E-state index contributed by atoms with van der Waals surface area (Å²) in [6, 6.07) is 0.846. The van der Waals surface area contributed by atoms with Crippen LogP contribution in [0.25, 0.3) is 0 Å². The minimum atomic E-state index is 0.286. The molecule has 1 aliphatic rings. The fraction of sp³-hybridized carbons (Fsp3) is 1.00. The van der Waals surface area contributed by atoms with Crippen molar-refractivity contribution in [3.8, 4) is 0 Å². The van der Waals surface area contributed by atoms with E-state index in [9.17, 15) is 0 Å². The van der Waals surface area contributed by atoms with Crippen LogP contribution in [0.15, 0.2) is 0 Å².